The van der Waals surface area contributed by atoms with Crippen LogP contribution in [-0.4, -0.2) is 15.0 Å². The Morgan fingerprint density at radius 2 is 1.67 bits per heavy atom. The third kappa shape index (κ3) is 6.39. The molecule has 0 unspecified atom stereocenters. The molecule has 0 aliphatic rings. The van der Waals surface area contributed by atoms with Crippen molar-refractivity contribution in [3.05, 3.63) is 95.6 Å². The fourth-order valence-corrected chi connectivity index (χ4v) is 4.39. The zero-order valence-electron chi connectivity index (χ0n) is 19.4. The van der Waals surface area contributed by atoms with Crippen LogP contribution >= 0.6 is 0 Å². The second-order valence-electron chi connectivity index (χ2n) is 7.76. The van der Waals surface area contributed by atoms with Gasteiger partial charge in [0.15, 0.2) is 11.5 Å². The van der Waals surface area contributed by atoms with Crippen molar-refractivity contribution in [1.82, 2.24) is 0 Å². The smallest absolute Gasteiger partial charge is 0.339 e. The molecule has 0 amide bonds. The summed E-state index contributed by atoms with van der Waals surface area (Å²) < 4.78 is 37.3. The van der Waals surface area contributed by atoms with E-state index >= 15 is 0 Å². The van der Waals surface area contributed by atoms with Gasteiger partial charge in [0, 0.05) is 17.8 Å². The van der Waals surface area contributed by atoms with Gasteiger partial charge >= 0.3 is 10.1 Å². The molecule has 0 fully saturated rings. The maximum Gasteiger partial charge on any atom is 0.339 e. The van der Waals surface area contributed by atoms with Crippen molar-refractivity contribution in [2.45, 2.75) is 45.1 Å². The van der Waals surface area contributed by atoms with Crippen molar-refractivity contribution in [3.8, 4) is 11.5 Å². The minimum absolute atomic E-state index is 0.0985. The minimum Gasteiger partial charge on any atom is -0.490 e. The lowest BCUT2D eigenvalue weighted by atomic mass is 10.1. The fraction of sp³-hybridized carbons (Fsp3) is 0.259. The molecule has 0 saturated heterocycles. The molecular weight excluding hydrogens is 434 g/mol. The number of allylic oxidation sites excluding steroid dienone is 1. The molecule has 1 N–H and O–H groups in total. The third-order valence-electron chi connectivity index (χ3n) is 5.22. The molecule has 0 spiro atoms. The van der Waals surface area contributed by atoms with Gasteiger partial charge in [-0.05, 0) is 74.2 Å². The SMILES string of the molecule is C=CCc1cc(CNc2ccc(CC)cc2)cc(OCC)c1OS(=O)(=O)c1ccc(C)cc1. The number of nitrogens with one attached hydrogen (secondary N) is 1. The standard InChI is InChI=1S/C27H31NO4S/c1-5-8-23-17-22(19-28-24-13-11-21(6-2)12-14-24)18-26(31-7-3)27(23)32-33(29,30)25-15-9-20(4)10-16-25/h5,9-18,28H,1,6-8,19H2,2-4H3. The zero-order valence-corrected chi connectivity index (χ0v) is 20.2. The van der Waals surface area contributed by atoms with E-state index in [-0.39, 0.29) is 10.6 Å². The maximum atomic E-state index is 13.0. The van der Waals surface area contributed by atoms with Gasteiger partial charge in [-0.15, -0.1) is 6.58 Å². The molecule has 0 radical (unpaired) electrons. The number of aryl methyl sites for hydroxylation is 2. The van der Waals surface area contributed by atoms with E-state index in [9.17, 15) is 8.42 Å². The van der Waals surface area contributed by atoms with Crippen LogP contribution in [0.4, 0.5) is 5.69 Å². The summed E-state index contributed by atoms with van der Waals surface area (Å²) in [5, 5.41) is 3.41. The highest BCUT2D eigenvalue weighted by atomic mass is 32.2. The molecule has 0 bridgehead atoms. The third-order valence-corrected chi connectivity index (χ3v) is 6.45. The van der Waals surface area contributed by atoms with Crippen LogP contribution in [0.15, 0.2) is 78.2 Å². The number of rotatable bonds is 11. The maximum absolute atomic E-state index is 13.0. The number of anilines is 1. The monoisotopic (exact) mass is 465 g/mol. The Bertz CT molecular complexity index is 1180. The van der Waals surface area contributed by atoms with Gasteiger partial charge in [0.25, 0.3) is 0 Å². The Labute approximate surface area is 197 Å². The van der Waals surface area contributed by atoms with E-state index in [1.54, 1.807) is 30.3 Å². The van der Waals surface area contributed by atoms with Crippen molar-refractivity contribution in [2.24, 2.45) is 0 Å². The molecule has 0 aromatic heterocycles. The van der Waals surface area contributed by atoms with Crippen molar-refractivity contribution < 1.29 is 17.3 Å². The predicted molar refractivity (Wildman–Crippen MR) is 134 cm³/mol. The van der Waals surface area contributed by atoms with Crippen molar-refractivity contribution in [3.63, 3.8) is 0 Å². The average Bonchev–Trinajstić information content (AvgIpc) is 2.80. The average molecular weight is 466 g/mol. The van der Waals surface area contributed by atoms with Crippen LogP contribution in [0, 0.1) is 6.92 Å². The fourth-order valence-electron chi connectivity index (χ4n) is 3.41. The number of ether oxygens (including phenoxy) is 1. The molecule has 0 aliphatic heterocycles. The van der Waals surface area contributed by atoms with E-state index in [0.29, 0.717) is 30.9 Å². The van der Waals surface area contributed by atoms with Gasteiger partial charge in [-0.1, -0.05) is 42.8 Å². The molecule has 5 nitrogen and oxygen atoms in total. The predicted octanol–water partition coefficient (Wildman–Crippen LogP) is 6.06. The first-order chi connectivity index (χ1) is 15.9. The van der Waals surface area contributed by atoms with Crippen molar-refractivity contribution in [2.75, 3.05) is 11.9 Å². The van der Waals surface area contributed by atoms with Crippen LogP contribution in [0.25, 0.3) is 0 Å². The van der Waals surface area contributed by atoms with E-state index < -0.39 is 10.1 Å². The lowest BCUT2D eigenvalue weighted by Crippen LogP contribution is -2.13. The summed E-state index contributed by atoms with van der Waals surface area (Å²) in [6.07, 6.45) is 3.16. The molecule has 3 rings (SSSR count). The van der Waals surface area contributed by atoms with Gasteiger partial charge in [-0.3, -0.25) is 0 Å². The minimum atomic E-state index is -4.02. The van der Waals surface area contributed by atoms with Crippen molar-refractivity contribution >= 4 is 15.8 Å². The summed E-state index contributed by atoms with van der Waals surface area (Å²) in [4.78, 5) is 0.0985. The topological polar surface area (TPSA) is 64.6 Å². The van der Waals surface area contributed by atoms with E-state index in [0.717, 1.165) is 23.2 Å². The number of benzene rings is 3. The summed E-state index contributed by atoms with van der Waals surface area (Å²) >= 11 is 0. The molecule has 0 saturated carbocycles. The van der Waals surface area contributed by atoms with Crippen LogP contribution in [0.1, 0.15) is 36.1 Å². The first kappa shape index (κ1) is 24.4. The first-order valence-corrected chi connectivity index (χ1v) is 12.5. The summed E-state index contributed by atoms with van der Waals surface area (Å²) in [6.45, 7) is 10.6. The second kappa shape index (κ2) is 11.1. The Morgan fingerprint density at radius 3 is 2.27 bits per heavy atom. The zero-order chi connectivity index (χ0) is 23.8. The molecule has 0 atom stereocenters. The van der Waals surface area contributed by atoms with Crippen LogP contribution in [0.5, 0.6) is 11.5 Å². The highest BCUT2D eigenvalue weighted by Gasteiger charge is 2.22. The molecule has 174 valence electrons. The largest absolute Gasteiger partial charge is 0.490 e. The lowest BCUT2D eigenvalue weighted by Gasteiger charge is -2.18. The van der Waals surface area contributed by atoms with Crippen LogP contribution in [0.3, 0.4) is 0 Å². The highest BCUT2D eigenvalue weighted by molar-refractivity contribution is 7.87. The normalized spacial score (nSPS) is 11.1. The summed E-state index contributed by atoms with van der Waals surface area (Å²) in [5.74, 6) is 0.596. The van der Waals surface area contributed by atoms with Crippen LogP contribution in [0.2, 0.25) is 0 Å². The van der Waals surface area contributed by atoms with Gasteiger partial charge < -0.3 is 14.2 Å². The van der Waals surface area contributed by atoms with Gasteiger partial charge in [-0.2, -0.15) is 8.42 Å². The molecule has 3 aromatic rings. The Kier molecular flexibility index (Phi) is 8.17. The Morgan fingerprint density at radius 1 is 0.970 bits per heavy atom. The van der Waals surface area contributed by atoms with Gasteiger partial charge in [0.1, 0.15) is 4.90 Å². The van der Waals surface area contributed by atoms with E-state index in [1.165, 1.54) is 5.56 Å². The molecule has 33 heavy (non-hydrogen) atoms. The van der Waals surface area contributed by atoms with E-state index in [4.69, 9.17) is 8.92 Å². The number of hydrogen-bond donors (Lipinski definition) is 1. The van der Waals surface area contributed by atoms with E-state index in [1.807, 2.05) is 26.0 Å². The lowest BCUT2D eigenvalue weighted by molar-refractivity contribution is 0.326. The van der Waals surface area contributed by atoms with Gasteiger partial charge in [0.2, 0.25) is 0 Å². The molecule has 3 aromatic carbocycles. The van der Waals surface area contributed by atoms with Crippen molar-refractivity contribution in [1.29, 1.82) is 0 Å². The molecule has 0 aliphatic carbocycles. The van der Waals surface area contributed by atoms with E-state index in [2.05, 4.69) is 43.1 Å². The molecule has 0 heterocycles. The Hall–Kier alpha value is -3.25. The number of hydrogen-bond acceptors (Lipinski definition) is 5. The summed E-state index contributed by atoms with van der Waals surface area (Å²) in [5.41, 5.74) is 4.92. The van der Waals surface area contributed by atoms with Crippen LogP contribution < -0.4 is 14.2 Å². The molecule has 6 heteroatoms. The first-order valence-electron chi connectivity index (χ1n) is 11.1. The quantitative estimate of drug-likeness (QED) is 0.275. The molecular formula is C27H31NO4S. The highest BCUT2D eigenvalue weighted by Crippen LogP contribution is 2.36. The summed E-state index contributed by atoms with van der Waals surface area (Å²) in [6, 6.07) is 18.6. The second-order valence-corrected chi connectivity index (χ2v) is 9.31. The summed E-state index contributed by atoms with van der Waals surface area (Å²) in [7, 11) is -4.02. The Balaban J connectivity index is 1.91. The van der Waals surface area contributed by atoms with Gasteiger partial charge in [0.05, 0.1) is 6.61 Å². The van der Waals surface area contributed by atoms with Gasteiger partial charge in [-0.25, -0.2) is 0 Å². The van der Waals surface area contributed by atoms with Crippen LogP contribution in [-0.2, 0) is 29.5 Å².